The van der Waals surface area contributed by atoms with Gasteiger partial charge in [0.2, 0.25) is 0 Å². The zero-order valence-electron chi connectivity index (χ0n) is 9.97. The third kappa shape index (κ3) is 2.12. The summed E-state index contributed by atoms with van der Waals surface area (Å²) >= 11 is 0. The van der Waals surface area contributed by atoms with Crippen molar-refractivity contribution in [1.82, 2.24) is 10.3 Å². The van der Waals surface area contributed by atoms with Crippen LogP contribution in [0, 0.1) is 0 Å². The zero-order chi connectivity index (χ0) is 13.4. The summed E-state index contributed by atoms with van der Waals surface area (Å²) < 4.78 is 4.82. The Morgan fingerprint density at radius 2 is 2.32 bits per heavy atom. The van der Waals surface area contributed by atoms with Crippen molar-refractivity contribution in [2.75, 3.05) is 6.61 Å². The van der Waals surface area contributed by atoms with Gasteiger partial charge in [0.05, 0.1) is 11.6 Å². The number of carboxylic acids is 1. The first-order valence-corrected chi connectivity index (χ1v) is 5.90. The number of aromatic amines is 1. The molecule has 19 heavy (non-hydrogen) atoms. The number of carbonyl (C=O) groups is 2. The van der Waals surface area contributed by atoms with Crippen molar-refractivity contribution in [3.05, 3.63) is 35.5 Å². The van der Waals surface area contributed by atoms with Gasteiger partial charge >= 0.3 is 12.1 Å². The Morgan fingerprint density at radius 1 is 1.47 bits per heavy atom. The number of aromatic nitrogens is 1. The highest BCUT2D eigenvalue weighted by atomic mass is 16.6. The first kappa shape index (κ1) is 11.6. The van der Waals surface area contributed by atoms with E-state index in [-0.39, 0.29) is 11.6 Å². The van der Waals surface area contributed by atoms with Gasteiger partial charge < -0.3 is 20.1 Å². The van der Waals surface area contributed by atoms with Gasteiger partial charge in [-0.1, -0.05) is 6.07 Å². The average molecular weight is 260 g/mol. The SMILES string of the molecule is O=C1N[C@@H](Cc2ccc3[nH]cc(C(=O)O)c3c2)CO1. The lowest BCUT2D eigenvalue weighted by atomic mass is 10.0. The number of nitrogens with one attached hydrogen (secondary N) is 2. The maximum absolute atomic E-state index is 11.1. The van der Waals surface area contributed by atoms with Crippen LogP contribution < -0.4 is 5.32 Å². The molecule has 1 aliphatic heterocycles. The quantitative estimate of drug-likeness (QED) is 0.780. The molecule has 6 heteroatoms. The van der Waals surface area contributed by atoms with Crippen molar-refractivity contribution in [2.45, 2.75) is 12.5 Å². The maximum atomic E-state index is 11.1. The predicted molar refractivity (Wildman–Crippen MR) is 67.2 cm³/mol. The topological polar surface area (TPSA) is 91.4 Å². The Balaban J connectivity index is 1.90. The summed E-state index contributed by atoms with van der Waals surface area (Å²) in [6.45, 7) is 0.343. The Hall–Kier alpha value is -2.50. The third-order valence-electron chi connectivity index (χ3n) is 3.20. The summed E-state index contributed by atoms with van der Waals surface area (Å²) in [5, 5.41) is 12.5. The number of fused-ring (bicyclic) bond motifs is 1. The number of hydrogen-bond acceptors (Lipinski definition) is 3. The molecule has 0 saturated carbocycles. The number of hydrogen-bond donors (Lipinski definition) is 3. The lowest BCUT2D eigenvalue weighted by molar-refractivity contribution is 0.0699. The van der Waals surface area contributed by atoms with Crippen LogP contribution in [0.15, 0.2) is 24.4 Å². The van der Waals surface area contributed by atoms with Gasteiger partial charge in [-0.3, -0.25) is 0 Å². The number of aromatic carboxylic acids is 1. The van der Waals surface area contributed by atoms with Gasteiger partial charge in [-0.15, -0.1) is 0 Å². The number of ether oxygens (including phenoxy) is 1. The molecule has 0 bridgehead atoms. The standard InChI is InChI=1S/C13H12N2O4/c16-12(17)10-5-14-11-2-1-7(4-9(10)11)3-8-6-19-13(18)15-8/h1-2,4-5,8,14H,3,6H2,(H,15,18)(H,16,17)/t8-/m0/s1. The second-order valence-electron chi connectivity index (χ2n) is 4.53. The van der Waals surface area contributed by atoms with Gasteiger partial charge in [0.15, 0.2) is 0 Å². The number of benzene rings is 1. The highest BCUT2D eigenvalue weighted by Crippen LogP contribution is 2.21. The van der Waals surface area contributed by atoms with E-state index in [2.05, 4.69) is 10.3 Å². The highest BCUT2D eigenvalue weighted by Gasteiger charge is 2.22. The zero-order valence-corrected chi connectivity index (χ0v) is 9.97. The summed E-state index contributed by atoms with van der Waals surface area (Å²) in [7, 11) is 0. The summed E-state index contributed by atoms with van der Waals surface area (Å²) in [6.07, 6.45) is 1.70. The van der Waals surface area contributed by atoms with Crippen molar-refractivity contribution in [1.29, 1.82) is 0 Å². The largest absolute Gasteiger partial charge is 0.478 e. The van der Waals surface area contributed by atoms with Crippen molar-refractivity contribution < 1.29 is 19.4 Å². The molecule has 1 saturated heterocycles. The molecule has 1 atom stereocenters. The van der Waals surface area contributed by atoms with E-state index in [1.54, 1.807) is 0 Å². The molecule has 0 spiro atoms. The van der Waals surface area contributed by atoms with E-state index in [0.29, 0.717) is 18.4 Å². The average Bonchev–Trinajstić information content (AvgIpc) is 2.95. The van der Waals surface area contributed by atoms with E-state index in [0.717, 1.165) is 11.1 Å². The fourth-order valence-electron chi connectivity index (χ4n) is 2.29. The van der Waals surface area contributed by atoms with Gasteiger partial charge in [-0.05, 0) is 24.1 Å². The van der Waals surface area contributed by atoms with E-state index >= 15 is 0 Å². The van der Waals surface area contributed by atoms with E-state index in [4.69, 9.17) is 9.84 Å². The van der Waals surface area contributed by atoms with Crippen LogP contribution in [-0.2, 0) is 11.2 Å². The lowest BCUT2D eigenvalue weighted by Crippen LogP contribution is -2.28. The first-order valence-electron chi connectivity index (χ1n) is 5.90. The molecule has 0 radical (unpaired) electrons. The number of amides is 1. The minimum absolute atomic E-state index is 0.0582. The number of rotatable bonds is 3. The Labute approximate surface area is 108 Å². The lowest BCUT2D eigenvalue weighted by Gasteiger charge is -2.07. The van der Waals surface area contributed by atoms with Crippen molar-refractivity contribution >= 4 is 23.0 Å². The van der Waals surface area contributed by atoms with Crippen molar-refractivity contribution in [3.8, 4) is 0 Å². The molecule has 0 unspecified atom stereocenters. The summed E-state index contributed by atoms with van der Waals surface area (Å²) in [6, 6.07) is 5.53. The molecule has 3 rings (SSSR count). The number of alkyl carbamates (subject to hydrolysis) is 1. The summed E-state index contributed by atoms with van der Waals surface area (Å²) in [5.74, 6) is -0.957. The second-order valence-corrected chi connectivity index (χ2v) is 4.53. The van der Waals surface area contributed by atoms with Crippen LogP contribution in [0.1, 0.15) is 15.9 Å². The molecule has 2 aromatic rings. The van der Waals surface area contributed by atoms with E-state index < -0.39 is 12.1 Å². The molecule has 1 amide bonds. The normalized spacial score (nSPS) is 18.3. The van der Waals surface area contributed by atoms with Gasteiger partial charge in [-0.2, -0.15) is 0 Å². The second kappa shape index (κ2) is 4.31. The predicted octanol–water partition coefficient (Wildman–Crippen LogP) is 1.52. The van der Waals surface area contributed by atoms with Crippen LogP contribution in [0.5, 0.6) is 0 Å². The Kier molecular flexibility index (Phi) is 2.63. The van der Waals surface area contributed by atoms with Crippen LogP contribution in [0.4, 0.5) is 4.79 Å². The maximum Gasteiger partial charge on any atom is 0.407 e. The molecule has 2 heterocycles. The van der Waals surface area contributed by atoms with Gasteiger partial charge in [0.25, 0.3) is 0 Å². The molecule has 0 aliphatic carbocycles. The highest BCUT2D eigenvalue weighted by molar-refractivity contribution is 6.03. The molecular weight excluding hydrogens is 248 g/mol. The van der Waals surface area contributed by atoms with Gasteiger partial charge in [-0.25, -0.2) is 9.59 Å². The molecule has 6 nitrogen and oxygen atoms in total. The Morgan fingerprint density at radius 3 is 3.00 bits per heavy atom. The fourth-order valence-corrected chi connectivity index (χ4v) is 2.29. The molecular formula is C13H12N2O4. The van der Waals surface area contributed by atoms with Crippen LogP contribution >= 0.6 is 0 Å². The Bertz CT molecular complexity index is 662. The smallest absolute Gasteiger partial charge is 0.407 e. The number of cyclic esters (lactones) is 1. The van der Waals surface area contributed by atoms with Gasteiger partial charge in [0, 0.05) is 17.1 Å². The molecule has 3 N–H and O–H groups in total. The minimum atomic E-state index is -0.957. The molecule has 1 aliphatic rings. The van der Waals surface area contributed by atoms with Crippen LogP contribution in [0.25, 0.3) is 10.9 Å². The number of carboxylic acid groups (broad SMARTS) is 1. The van der Waals surface area contributed by atoms with E-state index in [1.807, 2.05) is 18.2 Å². The molecule has 1 aromatic carbocycles. The van der Waals surface area contributed by atoms with Crippen LogP contribution in [0.2, 0.25) is 0 Å². The summed E-state index contributed by atoms with van der Waals surface area (Å²) in [5.41, 5.74) is 2.00. The molecule has 1 fully saturated rings. The van der Waals surface area contributed by atoms with Crippen molar-refractivity contribution in [2.24, 2.45) is 0 Å². The molecule has 1 aromatic heterocycles. The monoisotopic (exact) mass is 260 g/mol. The minimum Gasteiger partial charge on any atom is -0.478 e. The summed E-state index contributed by atoms with van der Waals surface area (Å²) in [4.78, 5) is 24.9. The van der Waals surface area contributed by atoms with Gasteiger partial charge in [0.1, 0.15) is 6.61 Å². The van der Waals surface area contributed by atoms with E-state index in [1.165, 1.54) is 6.20 Å². The number of carbonyl (C=O) groups excluding carboxylic acids is 1. The fraction of sp³-hybridized carbons (Fsp3) is 0.231. The van der Waals surface area contributed by atoms with E-state index in [9.17, 15) is 9.59 Å². The first-order chi connectivity index (χ1) is 9.13. The third-order valence-corrected chi connectivity index (χ3v) is 3.20. The number of H-pyrrole nitrogens is 1. The van der Waals surface area contributed by atoms with Crippen molar-refractivity contribution in [3.63, 3.8) is 0 Å². The van der Waals surface area contributed by atoms with Crippen LogP contribution in [0.3, 0.4) is 0 Å². The van der Waals surface area contributed by atoms with Crippen LogP contribution in [-0.4, -0.2) is 34.8 Å². The molecule has 98 valence electrons.